The van der Waals surface area contributed by atoms with Crippen LogP contribution in [0.3, 0.4) is 0 Å². The summed E-state index contributed by atoms with van der Waals surface area (Å²) in [6, 6.07) is 16.9. The molecule has 4 aromatic rings. The number of aryl methyl sites for hydroxylation is 1. The van der Waals surface area contributed by atoms with Gasteiger partial charge in [-0.1, -0.05) is 41.9 Å². The number of aromatic amines is 2. The van der Waals surface area contributed by atoms with Gasteiger partial charge in [0.15, 0.2) is 0 Å². The van der Waals surface area contributed by atoms with Gasteiger partial charge in [-0.15, -0.1) is 0 Å². The molecule has 0 spiro atoms. The monoisotopic (exact) mass is 376 g/mol. The number of hydrogen-bond acceptors (Lipinski definition) is 2. The van der Waals surface area contributed by atoms with Crippen LogP contribution < -0.4 is 0 Å². The fourth-order valence-corrected chi connectivity index (χ4v) is 4.45. The molecule has 0 saturated heterocycles. The molecule has 27 heavy (non-hydrogen) atoms. The van der Waals surface area contributed by atoms with Crippen molar-refractivity contribution in [3.05, 3.63) is 88.1 Å². The Hall–Kier alpha value is -2.56. The number of aromatic nitrogens is 3. The summed E-state index contributed by atoms with van der Waals surface area (Å²) < 4.78 is 0. The summed E-state index contributed by atoms with van der Waals surface area (Å²) in [5.74, 6) is 0.999. The van der Waals surface area contributed by atoms with Crippen molar-refractivity contribution in [1.82, 2.24) is 19.9 Å². The highest BCUT2D eigenvalue weighted by molar-refractivity contribution is 6.30. The molecule has 2 aromatic carbocycles. The van der Waals surface area contributed by atoms with Gasteiger partial charge in [0.1, 0.15) is 5.82 Å². The van der Waals surface area contributed by atoms with E-state index in [0.29, 0.717) is 0 Å². The van der Waals surface area contributed by atoms with Gasteiger partial charge in [-0.3, -0.25) is 4.90 Å². The van der Waals surface area contributed by atoms with E-state index in [1.807, 2.05) is 25.3 Å². The third-order valence-corrected chi connectivity index (χ3v) is 5.64. The fraction of sp³-hybridized carbons (Fsp3) is 0.227. The van der Waals surface area contributed by atoms with Crippen LogP contribution in [0.25, 0.3) is 10.9 Å². The van der Waals surface area contributed by atoms with E-state index in [-0.39, 0.29) is 6.04 Å². The molecule has 0 amide bonds. The summed E-state index contributed by atoms with van der Waals surface area (Å²) in [7, 11) is 0. The van der Waals surface area contributed by atoms with E-state index in [0.717, 1.165) is 36.1 Å². The van der Waals surface area contributed by atoms with E-state index < -0.39 is 0 Å². The van der Waals surface area contributed by atoms with Gasteiger partial charge >= 0.3 is 0 Å². The molecule has 1 aliphatic rings. The summed E-state index contributed by atoms with van der Waals surface area (Å²) in [6.07, 6.45) is 2.91. The molecular weight excluding hydrogens is 356 g/mol. The first-order valence-electron chi connectivity index (χ1n) is 9.28. The van der Waals surface area contributed by atoms with Crippen LogP contribution in [0.5, 0.6) is 0 Å². The number of halogens is 1. The Morgan fingerprint density at radius 3 is 2.85 bits per heavy atom. The number of hydrogen-bond donors (Lipinski definition) is 2. The minimum atomic E-state index is 0.130. The van der Waals surface area contributed by atoms with Gasteiger partial charge in [0.05, 0.1) is 12.6 Å². The van der Waals surface area contributed by atoms with E-state index in [2.05, 4.69) is 56.3 Å². The van der Waals surface area contributed by atoms with Crippen LogP contribution in [0.4, 0.5) is 0 Å². The van der Waals surface area contributed by atoms with Gasteiger partial charge < -0.3 is 9.97 Å². The highest BCUT2D eigenvalue weighted by atomic mass is 35.5. The molecule has 0 fully saturated rings. The summed E-state index contributed by atoms with van der Waals surface area (Å²) in [4.78, 5) is 14.1. The molecule has 3 heterocycles. The third-order valence-electron chi connectivity index (χ3n) is 5.41. The number of H-pyrrole nitrogens is 2. The van der Waals surface area contributed by atoms with Crippen molar-refractivity contribution in [2.24, 2.45) is 0 Å². The zero-order chi connectivity index (χ0) is 18.4. The fourth-order valence-electron chi connectivity index (χ4n) is 4.25. The lowest BCUT2D eigenvalue weighted by molar-refractivity contribution is 0.197. The Balaban J connectivity index is 1.63. The average molecular weight is 377 g/mol. The molecule has 0 bridgehead atoms. The van der Waals surface area contributed by atoms with Gasteiger partial charge in [0.25, 0.3) is 0 Å². The lowest BCUT2D eigenvalue weighted by Crippen LogP contribution is -2.36. The maximum absolute atomic E-state index is 6.33. The molecule has 5 heteroatoms. The Morgan fingerprint density at radius 2 is 2.04 bits per heavy atom. The molecule has 0 saturated carbocycles. The number of nitrogens with one attached hydrogen (secondary N) is 2. The van der Waals surface area contributed by atoms with Crippen molar-refractivity contribution in [1.29, 1.82) is 0 Å². The van der Waals surface area contributed by atoms with E-state index in [9.17, 15) is 0 Å². The summed E-state index contributed by atoms with van der Waals surface area (Å²) in [5, 5.41) is 2.09. The number of rotatable bonds is 3. The molecule has 5 rings (SSSR count). The van der Waals surface area contributed by atoms with Crippen LogP contribution in [0.2, 0.25) is 5.02 Å². The van der Waals surface area contributed by atoms with Gasteiger partial charge in [0, 0.05) is 40.1 Å². The van der Waals surface area contributed by atoms with Crippen molar-refractivity contribution in [3.8, 4) is 0 Å². The number of nitrogens with zero attached hydrogens (tertiary/aromatic N) is 2. The summed E-state index contributed by atoms with van der Waals surface area (Å²) >= 11 is 6.33. The van der Waals surface area contributed by atoms with E-state index in [4.69, 9.17) is 11.6 Å². The predicted octanol–water partition coefficient (Wildman–Crippen LogP) is 5.00. The standard InChI is InChI=1S/C22H21ClN4/c1-14-12-24-20(25-14)13-27-10-9-18-17-7-2-3-8-19(17)26-21(18)22(27)15-5-4-6-16(23)11-15/h2-8,11-12,22,26H,9-10,13H2,1H3,(H,24,25). The molecule has 0 aliphatic carbocycles. The quantitative estimate of drug-likeness (QED) is 0.528. The summed E-state index contributed by atoms with van der Waals surface area (Å²) in [5.41, 5.74) is 6.19. The van der Waals surface area contributed by atoms with Crippen molar-refractivity contribution < 1.29 is 0 Å². The number of benzene rings is 2. The zero-order valence-corrected chi connectivity index (χ0v) is 15.9. The second-order valence-corrected chi connectivity index (χ2v) is 7.69. The molecule has 1 aliphatic heterocycles. The Labute approximate surface area is 163 Å². The maximum Gasteiger partial charge on any atom is 0.120 e. The largest absolute Gasteiger partial charge is 0.357 e. The zero-order valence-electron chi connectivity index (χ0n) is 15.2. The second kappa shape index (κ2) is 6.55. The van der Waals surface area contributed by atoms with Gasteiger partial charge in [0.2, 0.25) is 0 Å². The molecule has 1 unspecified atom stereocenters. The van der Waals surface area contributed by atoms with Crippen molar-refractivity contribution in [2.75, 3.05) is 6.54 Å². The van der Waals surface area contributed by atoms with Crippen LogP contribution in [0.15, 0.2) is 54.7 Å². The number of imidazole rings is 1. The van der Waals surface area contributed by atoms with E-state index in [1.54, 1.807) is 0 Å². The second-order valence-electron chi connectivity index (χ2n) is 7.25. The lowest BCUT2D eigenvalue weighted by Gasteiger charge is -2.35. The minimum absolute atomic E-state index is 0.130. The molecule has 136 valence electrons. The van der Waals surface area contributed by atoms with Crippen LogP contribution in [0.1, 0.15) is 34.4 Å². The first-order chi connectivity index (χ1) is 13.2. The molecular formula is C22H21ClN4. The van der Waals surface area contributed by atoms with Crippen LogP contribution in [-0.2, 0) is 13.0 Å². The first kappa shape index (κ1) is 16.6. The highest BCUT2D eigenvalue weighted by Crippen LogP contribution is 2.39. The topological polar surface area (TPSA) is 47.7 Å². The third kappa shape index (κ3) is 2.95. The Kier molecular flexibility index (Phi) is 4.03. The molecule has 2 aromatic heterocycles. The first-order valence-corrected chi connectivity index (χ1v) is 9.66. The number of fused-ring (bicyclic) bond motifs is 3. The minimum Gasteiger partial charge on any atom is -0.357 e. The van der Waals surface area contributed by atoms with E-state index in [1.165, 1.54) is 27.7 Å². The smallest absolute Gasteiger partial charge is 0.120 e. The van der Waals surface area contributed by atoms with Crippen LogP contribution in [-0.4, -0.2) is 26.4 Å². The molecule has 1 atom stereocenters. The molecule has 2 N–H and O–H groups in total. The van der Waals surface area contributed by atoms with Crippen LogP contribution >= 0.6 is 11.6 Å². The average Bonchev–Trinajstić information content (AvgIpc) is 3.24. The normalized spacial score (nSPS) is 17.3. The van der Waals surface area contributed by atoms with Gasteiger partial charge in [-0.2, -0.15) is 0 Å². The van der Waals surface area contributed by atoms with Gasteiger partial charge in [-0.25, -0.2) is 4.98 Å². The highest BCUT2D eigenvalue weighted by Gasteiger charge is 2.32. The lowest BCUT2D eigenvalue weighted by atomic mass is 9.92. The molecule has 0 radical (unpaired) electrons. The SMILES string of the molecule is Cc1cnc(CN2CCc3c([nH]c4ccccc34)C2c2cccc(Cl)c2)[nH]1. The summed E-state index contributed by atoms with van der Waals surface area (Å²) in [6.45, 7) is 3.79. The van der Waals surface area contributed by atoms with Crippen molar-refractivity contribution >= 4 is 22.5 Å². The van der Waals surface area contributed by atoms with E-state index >= 15 is 0 Å². The molecule has 4 nitrogen and oxygen atoms in total. The Bertz CT molecular complexity index is 1110. The maximum atomic E-state index is 6.33. The Morgan fingerprint density at radius 1 is 1.15 bits per heavy atom. The van der Waals surface area contributed by atoms with Crippen molar-refractivity contribution in [2.45, 2.75) is 25.9 Å². The van der Waals surface area contributed by atoms with Gasteiger partial charge in [-0.05, 0) is 42.7 Å². The number of para-hydroxylation sites is 1. The predicted molar refractivity (Wildman–Crippen MR) is 109 cm³/mol. The van der Waals surface area contributed by atoms with Crippen molar-refractivity contribution in [3.63, 3.8) is 0 Å². The van der Waals surface area contributed by atoms with Crippen LogP contribution in [0, 0.1) is 6.92 Å².